The summed E-state index contributed by atoms with van der Waals surface area (Å²) in [4.78, 5) is 14.7. The highest BCUT2D eigenvalue weighted by Gasteiger charge is 2.30. The molecule has 0 atom stereocenters. The molecular formula is C34H26N2OP2. The molecule has 0 fully saturated rings. The Morgan fingerprint density at radius 2 is 0.821 bits per heavy atom. The Labute approximate surface area is 230 Å². The first-order chi connectivity index (χ1) is 19.3. The maximum Gasteiger partial charge on any atom is 0.280 e. The van der Waals surface area contributed by atoms with Gasteiger partial charge in [0, 0.05) is 5.30 Å². The maximum absolute atomic E-state index is 14.7. The van der Waals surface area contributed by atoms with Gasteiger partial charge in [-0.1, -0.05) is 140 Å². The SMILES string of the molecule is O=c1c(P(c2ccccc2)c2ccccc2)c(P(c2ccccc2)c2ccccc2)cnn1-c1ccccc1. The van der Waals surface area contributed by atoms with Gasteiger partial charge in [0.1, 0.15) is 0 Å². The van der Waals surface area contributed by atoms with Crippen LogP contribution < -0.4 is 37.4 Å². The second-order valence-corrected chi connectivity index (χ2v) is 13.3. The molecule has 39 heavy (non-hydrogen) atoms. The summed E-state index contributed by atoms with van der Waals surface area (Å²) in [6.45, 7) is 0. The summed E-state index contributed by atoms with van der Waals surface area (Å²) in [5.74, 6) is 0. The Morgan fingerprint density at radius 1 is 0.462 bits per heavy atom. The summed E-state index contributed by atoms with van der Waals surface area (Å²) in [5, 5.41) is 11.3. The molecule has 3 nitrogen and oxygen atoms in total. The Kier molecular flexibility index (Phi) is 7.54. The van der Waals surface area contributed by atoms with Crippen molar-refractivity contribution in [2.45, 2.75) is 0 Å². The summed E-state index contributed by atoms with van der Waals surface area (Å²) in [6, 6.07) is 51.6. The average Bonchev–Trinajstić information content (AvgIpc) is 3.01. The van der Waals surface area contributed by atoms with Crippen LogP contribution in [0.3, 0.4) is 0 Å². The van der Waals surface area contributed by atoms with Crippen molar-refractivity contribution >= 4 is 47.7 Å². The third-order valence-electron chi connectivity index (χ3n) is 6.46. The van der Waals surface area contributed by atoms with Crippen LogP contribution in [0.1, 0.15) is 0 Å². The molecule has 0 saturated carbocycles. The number of para-hydroxylation sites is 1. The van der Waals surface area contributed by atoms with Crippen LogP contribution in [0, 0.1) is 0 Å². The summed E-state index contributed by atoms with van der Waals surface area (Å²) in [7, 11) is -2.20. The van der Waals surface area contributed by atoms with Crippen LogP contribution in [0.15, 0.2) is 163 Å². The lowest BCUT2D eigenvalue weighted by atomic mass is 10.3. The van der Waals surface area contributed by atoms with Crippen LogP contribution in [0.25, 0.3) is 5.69 Å². The van der Waals surface area contributed by atoms with E-state index in [2.05, 4.69) is 97.1 Å². The third-order valence-corrected chi connectivity index (χ3v) is 11.6. The molecule has 5 heteroatoms. The zero-order chi connectivity index (χ0) is 26.4. The molecule has 1 aromatic heterocycles. The quantitative estimate of drug-likeness (QED) is 0.274. The van der Waals surface area contributed by atoms with Gasteiger partial charge < -0.3 is 0 Å². The molecule has 0 aliphatic carbocycles. The van der Waals surface area contributed by atoms with Crippen LogP contribution in [-0.4, -0.2) is 9.78 Å². The summed E-state index contributed by atoms with van der Waals surface area (Å²) in [6.07, 6.45) is 1.94. The molecule has 6 rings (SSSR count). The van der Waals surface area contributed by atoms with E-state index < -0.39 is 15.8 Å². The largest absolute Gasteiger partial charge is 0.280 e. The normalized spacial score (nSPS) is 11.1. The van der Waals surface area contributed by atoms with Crippen molar-refractivity contribution in [2.75, 3.05) is 0 Å². The van der Waals surface area contributed by atoms with Crippen LogP contribution >= 0.6 is 15.8 Å². The van der Waals surface area contributed by atoms with Gasteiger partial charge in [0.05, 0.1) is 17.2 Å². The lowest BCUT2D eigenvalue weighted by Gasteiger charge is -2.27. The molecule has 6 aromatic rings. The Balaban J connectivity index is 1.70. The van der Waals surface area contributed by atoms with Crippen molar-refractivity contribution in [1.82, 2.24) is 9.78 Å². The monoisotopic (exact) mass is 540 g/mol. The number of rotatable bonds is 7. The van der Waals surface area contributed by atoms with Crippen molar-refractivity contribution in [3.05, 3.63) is 168 Å². The molecule has 0 unspecified atom stereocenters. The van der Waals surface area contributed by atoms with Gasteiger partial charge in [-0.15, -0.1) is 0 Å². The molecular weight excluding hydrogens is 514 g/mol. The topological polar surface area (TPSA) is 34.9 Å². The Bertz CT molecular complexity index is 1630. The molecule has 0 bridgehead atoms. The fourth-order valence-electron chi connectivity index (χ4n) is 4.71. The van der Waals surface area contributed by atoms with Crippen LogP contribution in [0.2, 0.25) is 0 Å². The van der Waals surface area contributed by atoms with Gasteiger partial charge in [-0.3, -0.25) is 4.79 Å². The van der Waals surface area contributed by atoms with Crippen LogP contribution in [-0.2, 0) is 0 Å². The second kappa shape index (κ2) is 11.7. The number of hydrogen-bond donors (Lipinski definition) is 0. The summed E-state index contributed by atoms with van der Waals surface area (Å²) < 4.78 is 1.56. The smallest absolute Gasteiger partial charge is 0.267 e. The van der Waals surface area contributed by atoms with Gasteiger partial charge in [0.25, 0.3) is 5.56 Å². The first-order valence-corrected chi connectivity index (χ1v) is 15.5. The van der Waals surface area contributed by atoms with Crippen molar-refractivity contribution in [1.29, 1.82) is 0 Å². The highest BCUT2D eigenvalue weighted by Crippen LogP contribution is 2.37. The molecule has 0 aliphatic rings. The molecule has 0 N–H and O–H groups in total. The molecule has 0 aliphatic heterocycles. The number of hydrogen-bond acceptors (Lipinski definition) is 2. The van der Waals surface area contributed by atoms with Crippen molar-refractivity contribution in [3.63, 3.8) is 0 Å². The molecule has 0 radical (unpaired) electrons. The second-order valence-electron chi connectivity index (χ2n) is 8.94. The standard InChI is InChI=1S/C34H26N2OP2/c37-34-33(39(30-22-12-4-13-23-30)31-24-14-5-15-25-31)32(26-35-36(34)27-16-6-1-7-17-27)38(28-18-8-2-9-19-28)29-20-10-3-11-21-29/h1-26H. The van der Waals surface area contributed by atoms with E-state index in [1.54, 1.807) is 4.68 Å². The average molecular weight is 541 g/mol. The van der Waals surface area contributed by atoms with Gasteiger partial charge in [0.2, 0.25) is 0 Å². The van der Waals surface area contributed by atoms with E-state index in [0.29, 0.717) is 0 Å². The highest BCUT2D eigenvalue weighted by atomic mass is 31.1. The molecule has 0 spiro atoms. The number of aromatic nitrogens is 2. The van der Waals surface area contributed by atoms with Crippen molar-refractivity contribution < 1.29 is 0 Å². The van der Waals surface area contributed by atoms with E-state index in [0.717, 1.165) is 26.9 Å². The summed E-state index contributed by atoms with van der Waals surface area (Å²) >= 11 is 0. The first-order valence-electron chi connectivity index (χ1n) is 12.8. The van der Waals surface area contributed by atoms with E-state index in [1.165, 1.54) is 10.6 Å². The van der Waals surface area contributed by atoms with Crippen molar-refractivity contribution in [3.8, 4) is 5.69 Å². The third kappa shape index (κ3) is 5.25. The van der Waals surface area contributed by atoms with Crippen molar-refractivity contribution in [2.24, 2.45) is 0 Å². The minimum absolute atomic E-state index is 0.0723. The van der Waals surface area contributed by atoms with Crippen LogP contribution in [0.5, 0.6) is 0 Å². The van der Waals surface area contributed by atoms with E-state index in [1.807, 2.05) is 60.8 Å². The lowest BCUT2D eigenvalue weighted by Crippen LogP contribution is -2.47. The summed E-state index contributed by atoms with van der Waals surface area (Å²) in [5.41, 5.74) is 0.687. The molecule has 188 valence electrons. The highest BCUT2D eigenvalue weighted by molar-refractivity contribution is 7.85. The van der Waals surface area contributed by atoms with E-state index in [4.69, 9.17) is 5.10 Å². The molecule has 5 aromatic carbocycles. The molecule has 0 saturated heterocycles. The lowest BCUT2D eigenvalue weighted by molar-refractivity contribution is 0.818. The maximum atomic E-state index is 14.7. The van der Waals surface area contributed by atoms with E-state index in [-0.39, 0.29) is 5.56 Å². The van der Waals surface area contributed by atoms with Crippen LogP contribution in [0.4, 0.5) is 0 Å². The predicted molar refractivity (Wildman–Crippen MR) is 167 cm³/mol. The number of benzene rings is 5. The minimum atomic E-state index is -1.16. The fraction of sp³-hybridized carbons (Fsp3) is 0. The first kappa shape index (κ1) is 25.1. The van der Waals surface area contributed by atoms with Gasteiger partial charge in [0.15, 0.2) is 0 Å². The zero-order valence-electron chi connectivity index (χ0n) is 21.2. The minimum Gasteiger partial charge on any atom is -0.267 e. The Morgan fingerprint density at radius 3 is 1.23 bits per heavy atom. The van der Waals surface area contributed by atoms with Gasteiger partial charge in [-0.2, -0.15) is 9.78 Å². The Hall–Kier alpha value is -4.16. The zero-order valence-corrected chi connectivity index (χ0v) is 23.0. The van der Waals surface area contributed by atoms with Gasteiger partial charge in [-0.25, -0.2) is 0 Å². The van der Waals surface area contributed by atoms with Gasteiger partial charge in [-0.05, 0) is 49.2 Å². The predicted octanol–water partition coefficient (Wildman–Crippen LogP) is 4.75. The van der Waals surface area contributed by atoms with E-state index in [9.17, 15) is 4.79 Å². The van der Waals surface area contributed by atoms with Gasteiger partial charge >= 0.3 is 0 Å². The van der Waals surface area contributed by atoms with E-state index >= 15 is 0 Å². The fourth-order valence-corrected chi connectivity index (χ4v) is 9.90. The molecule has 0 amide bonds. The number of nitrogens with zero attached hydrogens (tertiary/aromatic N) is 2. The molecule has 1 heterocycles.